The van der Waals surface area contributed by atoms with E-state index in [0.29, 0.717) is 44.5 Å². The summed E-state index contributed by atoms with van der Waals surface area (Å²) in [4.78, 5) is 38.5. The Hall–Kier alpha value is -3.17. The Bertz CT molecular complexity index is 1220. The number of primary amides is 1. The number of nitrogens with zero attached hydrogens (tertiary/aromatic N) is 2. The molecule has 3 heterocycles. The maximum Gasteiger partial charge on any atom is 0.254 e. The van der Waals surface area contributed by atoms with Crippen LogP contribution in [0.15, 0.2) is 4.79 Å². The van der Waals surface area contributed by atoms with Gasteiger partial charge >= 0.3 is 0 Å². The van der Waals surface area contributed by atoms with Crippen molar-refractivity contribution in [1.29, 1.82) is 0 Å². The lowest BCUT2D eigenvalue weighted by atomic mass is 10.0. The number of fused-ring (bicyclic) bond motifs is 3. The van der Waals surface area contributed by atoms with E-state index in [9.17, 15) is 14.4 Å². The van der Waals surface area contributed by atoms with Crippen LogP contribution in [0.1, 0.15) is 56.1 Å². The number of halogens is 2. The van der Waals surface area contributed by atoms with E-state index < -0.39 is 39.9 Å². The first kappa shape index (κ1) is 22.0. The maximum atomic E-state index is 15.9. The fourth-order valence-electron chi connectivity index (χ4n) is 5.05. The SMILES string of the molecule is CC(=O)N1CCC[C@H](Nc2c(F)c(N)c3c(=O)c(C(N)=O)c4n(c3c2F)C(C)(C)CC4)C1. The Kier molecular flexibility index (Phi) is 5.14. The lowest BCUT2D eigenvalue weighted by molar-refractivity contribution is -0.129. The molecule has 5 N–H and O–H groups in total. The number of nitrogens with two attached hydrogens (primary N) is 2. The molecule has 8 nitrogen and oxygen atoms in total. The van der Waals surface area contributed by atoms with E-state index in [2.05, 4.69) is 5.32 Å². The molecule has 1 fully saturated rings. The van der Waals surface area contributed by atoms with E-state index in [4.69, 9.17) is 11.5 Å². The number of benzene rings is 1. The first-order chi connectivity index (χ1) is 15.0. The van der Waals surface area contributed by atoms with Gasteiger partial charge in [-0.1, -0.05) is 0 Å². The van der Waals surface area contributed by atoms with Gasteiger partial charge in [-0.3, -0.25) is 14.4 Å². The maximum absolute atomic E-state index is 15.9. The summed E-state index contributed by atoms with van der Waals surface area (Å²) >= 11 is 0. The molecule has 10 heteroatoms. The zero-order valence-corrected chi connectivity index (χ0v) is 18.3. The summed E-state index contributed by atoms with van der Waals surface area (Å²) in [6, 6.07) is -0.379. The second-order valence-electron chi connectivity index (χ2n) is 9.25. The molecule has 2 amide bonds. The van der Waals surface area contributed by atoms with Crippen molar-refractivity contribution >= 4 is 34.1 Å². The minimum Gasteiger partial charge on any atom is -0.396 e. The molecule has 32 heavy (non-hydrogen) atoms. The van der Waals surface area contributed by atoms with Gasteiger partial charge in [-0.2, -0.15) is 0 Å². The summed E-state index contributed by atoms with van der Waals surface area (Å²) in [5.74, 6) is -3.11. The third-order valence-corrected chi connectivity index (χ3v) is 6.67. The first-order valence-electron chi connectivity index (χ1n) is 10.7. The van der Waals surface area contributed by atoms with Crippen LogP contribution in [-0.2, 0) is 16.8 Å². The van der Waals surface area contributed by atoms with Crippen LogP contribution in [0.4, 0.5) is 20.2 Å². The number of amides is 2. The van der Waals surface area contributed by atoms with Crippen LogP contribution < -0.4 is 22.2 Å². The zero-order chi connectivity index (χ0) is 23.5. The fourth-order valence-corrected chi connectivity index (χ4v) is 5.05. The van der Waals surface area contributed by atoms with Gasteiger partial charge < -0.3 is 26.3 Å². The first-order valence-corrected chi connectivity index (χ1v) is 10.7. The Morgan fingerprint density at radius 2 is 1.91 bits per heavy atom. The van der Waals surface area contributed by atoms with Gasteiger partial charge in [-0.25, -0.2) is 8.78 Å². The number of hydrogen-bond acceptors (Lipinski definition) is 5. The average Bonchev–Trinajstić information content (AvgIpc) is 3.03. The fraction of sp³-hybridized carbons (Fsp3) is 0.500. The number of rotatable bonds is 3. The lowest BCUT2D eigenvalue weighted by Gasteiger charge is -2.33. The summed E-state index contributed by atoms with van der Waals surface area (Å²) in [5.41, 5.74) is 8.90. The number of hydrogen-bond donors (Lipinski definition) is 3. The van der Waals surface area contributed by atoms with Crippen molar-refractivity contribution in [3.63, 3.8) is 0 Å². The molecule has 0 unspecified atom stereocenters. The lowest BCUT2D eigenvalue weighted by Crippen LogP contribution is -2.44. The summed E-state index contributed by atoms with van der Waals surface area (Å²) in [6.07, 6.45) is 2.20. The van der Waals surface area contributed by atoms with Crippen molar-refractivity contribution in [2.24, 2.45) is 5.73 Å². The van der Waals surface area contributed by atoms with Crippen LogP contribution in [0.5, 0.6) is 0 Å². The molecule has 0 bridgehead atoms. The second-order valence-corrected chi connectivity index (χ2v) is 9.25. The zero-order valence-electron chi connectivity index (χ0n) is 18.3. The largest absolute Gasteiger partial charge is 0.396 e. The molecular weight excluding hydrogens is 420 g/mol. The number of anilines is 2. The van der Waals surface area contributed by atoms with Crippen LogP contribution in [0, 0.1) is 11.6 Å². The molecular formula is C22H27F2N5O3. The van der Waals surface area contributed by atoms with E-state index in [-0.39, 0.29) is 28.4 Å². The molecule has 1 saturated heterocycles. The number of likely N-dealkylation sites (tertiary alicyclic amines) is 1. The van der Waals surface area contributed by atoms with Crippen LogP contribution in [0.25, 0.3) is 10.9 Å². The second kappa shape index (κ2) is 7.46. The Morgan fingerprint density at radius 1 is 1.22 bits per heavy atom. The molecule has 2 aliphatic heterocycles. The molecule has 0 spiro atoms. The van der Waals surface area contributed by atoms with Gasteiger partial charge in [0.1, 0.15) is 11.3 Å². The van der Waals surface area contributed by atoms with Crippen LogP contribution in [0.2, 0.25) is 0 Å². The van der Waals surface area contributed by atoms with E-state index in [1.807, 2.05) is 13.8 Å². The normalized spacial score (nSPS) is 19.8. The smallest absolute Gasteiger partial charge is 0.254 e. The summed E-state index contributed by atoms with van der Waals surface area (Å²) in [6.45, 7) is 6.03. The predicted octanol–water partition coefficient (Wildman–Crippen LogP) is 2.06. The van der Waals surface area contributed by atoms with E-state index >= 15 is 8.78 Å². The third-order valence-electron chi connectivity index (χ3n) is 6.67. The monoisotopic (exact) mass is 447 g/mol. The van der Waals surface area contributed by atoms with Gasteiger partial charge in [-0.05, 0) is 39.5 Å². The highest BCUT2D eigenvalue weighted by atomic mass is 19.1. The highest BCUT2D eigenvalue weighted by Gasteiger charge is 2.38. The molecule has 2 aliphatic rings. The Labute approximate surface area is 183 Å². The number of pyridine rings is 1. The minimum atomic E-state index is -1.10. The molecule has 1 aromatic carbocycles. The van der Waals surface area contributed by atoms with Gasteiger partial charge in [0, 0.05) is 37.3 Å². The summed E-state index contributed by atoms with van der Waals surface area (Å²) in [7, 11) is 0. The highest BCUT2D eigenvalue weighted by Crippen LogP contribution is 2.41. The van der Waals surface area contributed by atoms with E-state index in [0.717, 1.165) is 0 Å². The van der Waals surface area contributed by atoms with Gasteiger partial charge in [0.25, 0.3) is 5.91 Å². The van der Waals surface area contributed by atoms with Crippen molar-refractivity contribution in [1.82, 2.24) is 9.47 Å². The van der Waals surface area contributed by atoms with Crippen LogP contribution >= 0.6 is 0 Å². The average molecular weight is 447 g/mol. The quantitative estimate of drug-likeness (QED) is 0.622. The molecule has 0 aliphatic carbocycles. The van der Waals surface area contributed by atoms with Crippen molar-refractivity contribution < 1.29 is 18.4 Å². The number of carbonyl (C=O) groups is 2. The number of nitrogen functional groups attached to an aromatic ring is 1. The van der Waals surface area contributed by atoms with Crippen molar-refractivity contribution in [2.45, 2.75) is 58.0 Å². The van der Waals surface area contributed by atoms with Gasteiger partial charge in [-0.15, -0.1) is 0 Å². The number of aromatic nitrogens is 1. The molecule has 1 atom stereocenters. The van der Waals surface area contributed by atoms with Crippen LogP contribution in [0.3, 0.4) is 0 Å². The molecule has 0 radical (unpaired) electrons. The molecule has 172 valence electrons. The summed E-state index contributed by atoms with van der Waals surface area (Å²) < 4.78 is 32.8. The van der Waals surface area contributed by atoms with Crippen LogP contribution in [-0.4, -0.2) is 40.4 Å². The summed E-state index contributed by atoms with van der Waals surface area (Å²) in [5, 5.41) is 2.50. The topological polar surface area (TPSA) is 123 Å². The standard InChI is InChI=1S/C22H27F2N5O3/c1-10(30)28-8-4-5-11(9-28)27-18-15(23)17(25)14-19(16(18)24)29-12(6-7-22(29,2)3)13(20(14)31)21(26)32/h11,27H,4-9,25H2,1-3H3,(H2,26,32)/t11-/m0/s1. The number of nitrogens with one attached hydrogen (secondary N) is 1. The van der Waals surface area contributed by atoms with Gasteiger partial charge in [0.05, 0.1) is 16.6 Å². The predicted molar refractivity (Wildman–Crippen MR) is 118 cm³/mol. The third kappa shape index (κ3) is 3.20. The van der Waals surface area contributed by atoms with Gasteiger partial charge in [0.2, 0.25) is 11.3 Å². The Balaban J connectivity index is 1.97. The molecule has 4 rings (SSSR count). The minimum absolute atomic E-state index is 0.111. The molecule has 0 saturated carbocycles. The van der Waals surface area contributed by atoms with Crippen molar-refractivity contribution in [3.05, 3.63) is 33.1 Å². The number of carbonyl (C=O) groups excluding carboxylic acids is 2. The molecule has 2 aromatic rings. The Morgan fingerprint density at radius 3 is 2.53 bits per heavy atom. The van der Waals surface area contributed by atoms with Crippen molar-refractivity contribution in [3.8, 4) is 0 Å². The van der Waals surface area contributed by atoms with E-state index in [1.54, 1.807) is 9.47 Å². The molecule has 1 aromatic heterocycles. The van der Waals surface area contributed by atoms with Gasteiger partial charge in [0.15, 0.2) is 11.6 Å². The number of piperidine rings is 1. The van der Waals surface area contributed by atoms with E-state index in [1.165, 1.54) is 6.92 Å². The highest BCUT2D eigenvalue weighted by molar-refractivity contribution is 6.02. The van der Waals surface area contributed by atoms with Crippen molar-refractivity contribution in [2.75, 3.05) is 24.1 Å².